The molecular weight excluding hydrogens is 1270 g/mol. The number of nitrogens with zero attached hydrogens (tertiary/aromatic N) is 7. The zero-order valence-corrected chi connectivity index (χ0v) is 54.7. The Morgan fingerprint density at radius 3 is 1.71 bits per heavy atom. The van der Waals surface area contributed by atoms with Crippen molar-refractivity contribution in [3.63, 3.8) is 0 Å². The summed E-state index contributed by atoms with van der Waals surface area (Å²) < 4.78 is 26.9. The molecule has 0 unspecified atom stereocenters. The SMILES string of the molecule is Cc1nc(-n2ccc(OCc3ccc(F)cc3)cc2=O)sc1C(=O)CCc1ccc(Cl)nc1.Cc1nc(-n2ccc3c(O)cccc3c2=O)sc1C(=O)CCc1ccccc1.O=C(CCc1ccccc1)Nc1nc(CN2CCOCC2)c(C(=O)CCc2ccccc2)s1. The Labute approximate surface area is 558 Å². The van der Waals surface area contributed by atoms with E-state index >= 15 is 0 Å². The van der Waals surface area contributed by atoms with E-state index in [0.717, 1.165) is 46.6 Å². The van der Waals surface area contributed by atoms with Crippen molar-refractivity contribution in [2.24, 2.45) is 0 Å². The van der Waals surface area contributed by atoms with Crippen molar-refractivity contribution in [1.82, 2.24) is 34.0 Å². The molecule has 1 amide bonds. The number of benzene rings is 5. The number of carbonyl (C=O) groups is 4. The fourth-order valence-electron chi connectivity index (χ4n) is 10.1. The number of carbonyl (C=O) groups excluding carboxylic acids is 4. The average molecular weight is 1340 g/mol. The molecule has 0 bridgehead atoms. The van der Waals surface area contributed by atoms with E-state index in [1.54, 1.807) is 81.0 Å². The number of hydrogen-bond donors (Lipinski definition) is 2. The van der Waals surface area contributed by atoms with Crippen LogP contribution in [0.2, 0.25) is 5.15 Å². The summed E-state index contributed by atoms with van der Waals surface area (Å²) in [4.78, 5) is 98.0. The highest BCUT2D eigenvalue weighted by Gasteiger charge is 2.24. The Morgan fingerprint density at radius 2 is 1.14 bits per heavy atom. The van der Waals surface area contributed by atoms with Crippen molar-refractivity contribution < 1.29 is 38.1 Å². The first-order valence-electron chi connectivity index (χ1n) is 30.4. The Bertz CT molecular complexity index is 4520. The first-order chi connectivity index (χ1) is 45.6. The number of amides is 1. The second-order valence-corrected chi connectivity index (χ2v) is 25.3. The Morgan fingerprint density at radius 1 is 0.596 bits per heavy atom. The van der Waals surface area contributed by atoms with Crippen LogP contribution in [0, 0.1) is 19.7 Å². The van der Waals surface area contributed by atoms with E-state index < -0.39 is 0 Å². The molecule has 1 aliphatic rings. The van der Waals surface area contributed by atoms with Gasteiger partial charge in [0, 0.05) is 75.4 Å². The Kier molecular flexibility index (Phi) is 23.6. The largest absolute Gasteiger partial charge is 0.507 e. The number of hydrogen-bond acceptors (Lipinski definition) is 17. The van der Waals surface area contributed by atoms with Crippen LogP contribution in [-0.2, 0) is 48.4 Å². The molecule has 0 spiro atoms. The highest BCUT2D eigenvalue weighted by atomic mass is 35.5. The van der Waals surface area contributed by atoms with Crippen molar-refractivity contribution in [3.05, 3.63) is 274 Å². The smallest absolute Gasteiger partial charge is 0.264 e. The number of aromatic hydroxyl groups is 1. The number of ketones is 3. The molecule has 0 radical (unpaired) electrons. The number of anilines is 1. The molecule has 0 aliphatic carbocycles. The topological polar surface area (TPSA) is 218 Å². The van der Waals surface area contributed by atoms with Gasteiger partial charge in [-0.25, -0.2) is 24.3 Å². The third-order valence-electron chi connectivity index (χ3n) is 15.2. The van der Waals surface area contributed by atoms with E-state index in [-0.39, 0.29) is 52.5 Å². The molecule has 94 heavy (non-hydrogen) atoms. The van der Waals surface area contributed by atoms with Gasteiger partial charge in [0.05, 0.1) is 50.3 Å². The van der Waals surface area contributed by atoms with Gasteiger partial charge in [-0.3, -0.25) is 42.8 Å². The summed E-state index contributed by atoms with van der Waals surface area (Å²) in [6, 6.07) is 48.8. The quantitative estimate of drug-likeness (QED) is 0.0450. The molecule has 480 valence electrons. The number of fused-ring (bicyclic) bond motifs is 1. The molecule has 7 heterocycles. The van der Waals surface area contributed by atoms with E-state index in [1.165, 1.54) is 61.3 Å². The lowest BCUT2D eigenvalue weighted by Crippen LogP contribution is -2.36. The van der Waals surface area contributed by atoms with Crippen LogP contribution in [-0.4, -0.2) is 88.6 Å². The number of rotatable bonds is 23. The molecule has 2 N–H and O–H groups in total. The summed E-state index contributed by atoms with van der Waals surface area (Å²) in [5.74, 6) is 0.101. The first-order valence-corrected chi connectivity index (χ1v) is 33.2. The van der Waals surface area contributed by atoms with Crippen LogP contribution in [0.25, 0.3) is 21.0 Å². The standard InChI is InChI=1S/C26H29N3O3S.C24H19ClFN3O3S.C22H18N2O3S/c30-23(13-11-20-7-3-1-4-8-20)25-22(19-29-15-17-32-18-16-29)27-26(33-25)28-24(31)14-12-21-9-5-2-6-10-21;1-15-23(20(30)8-4-16-5-9-21(25)27-13-16)33-24(28-15)29-11-10-19(12-22(29)31)32-14-17-2-6-18(26)7-3-17;1-14-20(19(26)11-10-15-6-3-2-4-7-15)28-22(23-14)24-13-12-16-17(21(24)27)8-5-9-18(16)25/h1-10H,11-19H2,(H,27,28,31);2-3,5-7,9-13H,4,8,14H2,1H3;2-9,12-13,25H,10-11H2,1H3. The number of halogens is 2. The van der Waals surface area contributed by atoms with Crippen LogP contribution in [0.15, 0.2) is 192 Å². The fourth-order valence-corrected chi connectivity index (χ4v) is 13.2. The minimum Gasteiger partial charge on any atom is -0.507 e. The number of Topliss-reactive ketones (excluding diaryl/α,β-unsaturated/α-hetero) is 3. The maximum atomic E-state index is 13.1. The molecule has 22 heteroatoms. The molecule has 0 saturated carbocycles. The van der Waals surface area contributed by atoms with Crippen LogP contribution >= 0.6 is 45.6 Å². The summed E-state index contributed by atoms with van der Waals surface area (Å²) >= 11 is 9.49. The summed E-state index contributed by atoms with van der Waals surface area (Å²) in [6.07, 6.45) is 8.86. The molecule has 17 nitrogen and oxygen atoms in total. The number of thiazole rings is 3. The number of aromatic nitrogens is 6. The lowest BCUT2D eigenvalue weighted by atomic mass is 10.1. The summed E-state index contributed by atoms with van der Waals surface area (Å²) in [7, 11) is 0. The van der Waals surface area contributed by atoms with Crippen molar-refractivity contribution in [3.8, 4) is 21.8 Å². The van der Waals surface area contributed by atoms with Gasteiger partial charge >= 0.3 is 0 Å². The van der Waals surface area contributed by atoms with Gasteiger partial charge in [0.15, 0.2) is 32.7 Å². The number of morpholine rings is 1. The Balaban J connectivity index is 0.000000155. The highest BCUT2D eigenvalue weighted by Crippen LogP contribution is 2.30. The monoisotopic (exact) mass is 1340 g/mol. The maximum absolute atomic E-state index is 13.1. The third-order valence-corrected chi connectivity index (χ3v) is 18.8. The zero-order valence-electron chi connectivity index (χ0n) is 51.5. The van der Waals surface area contributed by atoms with Crippen molar-refractivity contribution >= 4 is 84.8 Å². The molecule has 0 atom stereocenters. The molecule has 1 aliphatic heterocycles. The minimum atomic E-state index is -0.327. The predicted octanol–water partition coefficient (Wildman–Crippen LogP) is 13.8. The van der Waals surface area contributed by atoms with E-state index in [1.807, 2.05) is 97.1 Å². The van der Waals surface area contributed by atoms with Crippen molar-refractivity contribution in [2.75, 3.05) is 31.6 Å². The van der Waals surface area contributed by atoms with E-state index in [2.05, 4.69) is 30.2 Å². The second kappa shape index (κ2) is 32.9. The molecule has 11 aromatic rings. The summed E-state index contributed by atoms with van der Waals surface area (Å²) in [5, 5.41) is 15.5. The minimum absolute atomic E-state index is 0.0246. The maximum Gasteiger partial charge on any atom is 0.264 e. The number of aryl methyl sites for hydroxylation is 6. The van der Waals surface area contributed by atoms with Crippen LogP contribution in [0.5, 0.6) is 11.5 Å². The van der Waals surface area contributed by atoms with Gasteiger partial charge in [0.2, 0.25) is 5.91 Å². The normalized spacial score (nSPS) is 12.1. The van der Waals surface area contributed by atoms with Gasteiger partial charge in [-0.15, -0.1) is 0 Å². The Hall–Kier alpha value is -9.48. The number of pyridine rings is 3. The van der Waals surface area contributed by atoms with Crippen molar-refractivity contribution in [1.29, 1.82) is 0 Å². The van der Waals surface area contributed by atoms with Gasteiger partial charge in [0.25, 0.3) is 11.1 Å². The molecule has 1 saturated heterocycles. The van der Waals surface area contributed by atoms with Crippen molar-refractivity contribution in [2.45, 2.75) is 78.4 Å². The number of ether oxygens (including phenoxy) is 2. The third kappa shape index (κ3) is 18.6. The van der Waals surface area contributed by atoms with Crippen LogP contribution in [0.4, 0.5) is 9.52 Å². The molecule has 6 aromatic heterocycles. The fraction of sp³-hybridized carbons (Fsp3) is 0.222. The number of nitrogens with one attached hydrogen (secondary N) is 1. The molecule has 5 aromatic carbocycles. The zero-order chi connectivity index (χ0) is 65.9. The van der Waals surface area contributed by atoms with E-state index in [0.29, 0.717) is 134 Å². The first kappa shape index (κ1) is 67.4. The van der Waals surface area contributed by atoms with Gasteiger partial charge in [-0.05, 0) is 110 Å². The van der Waals surface area contributed by atoms with Crippen LogP contribution < -0.4 is 21.2 Å². The molecular formula is C72H66ClFN8O9S3. The van der Waals surface area contributed by atoms with E-state index in [9.17, 15) is 38.3 Å². The lowest BCUT2D eigenvalue weighted by molar-refractivity contribution is -0.116. The second-order valence-electron chi connectivity index (χ2n) is 22.0. The van der Waals surface area contributed by atoms with Gasteiger partial charge in [0.1, 0.15) is 29.1 Å². The van der Waals surface area contributed by atoms with Crippen LogP contribution in [0.3, 0.4) is 0 Å². The van der Waals surface area contributed by atoms with Gasteiger partial charge < -0.3 is 19.9 Å². The predicted molar refractivity (Wildman–Crippen MR) is 366 cm³/mol. The van der Waals surface area contributed by atoms with E-state index in [4.69, 9.17) is 21.1 Å². The van der Waals surface area contributed by atoms with Crippen LogP contribution in [0.1, 0.15) is 99.6 Å². The molecule has 1 fully saturated rings. The average Bonchev–Trinajstić information content (AvgIpc) is 1.32. The molecule has 12 rings (SSSR count). The summed E-state index contributed by atoms with van der Waals surface area (Å²) in [5.41, 5.74) is 6.44. The number of phenolic OH excluding ortho intramolecular Hbond substituents is 1. The lowest BCUT2D eigenvalue weighted by Gasteiger charge is -2.26. The van der Waals surface area contributed by atoms with Gasteiger partial charge in [-0.1, -0.05) is 161 Å². The summed E-state index contributed by atoms with van der Waals surface area (Å²) in [6.45, 7) is 7.33. The van der Waals surface area contributed by atoms with Gasteiger partial charge in [-0.2, -0.15) is 0 Å². The number of phenols is 1. The highest BCUT2D eigenvalue weighted by molar-refractivity contribution is 7.18.